The van der Waals surface area contributed by atoms with E-state index in [-0.39, 0.29) is 11.3 Å². The standard InChI is InChI=1S/C29H34N4O5/c1-6-31(7-2)15-16-32-26(22-17-21(37-4)13-14-24(22)38-5)25(28(35)29(32)36)27(34)23-18-30-33(19(23)3)20-11-9-8-10-12-20/h8-14,17-18,26,34H,6-7,15-16H2,1-5H3. The summed E-state index contributed by atoms with van der Waals surface area (Å²) in [5.74, 6) is -0.662. The smallest absolute Gasteiger partial charge is 0.295 e. The van der Waals surface area contributed by atoms with E-state index in [9.17, 15) is 14.7 Å². The molecule has 1 saturated heterocycles. The molecule has 38 heavy (non-hydrogen) atoms. The van der Waals surface area contributed by atoms with Gasteiger partial charge in [-0.25, -0.2) is 4.68 Å². The SMILES string of the molecule is CCN(CC)CCN1C(=O)C(=O)C(=C(O)c2cnn(-c3ccccc3)c2C)C1c1cc(OC)ccc1OC. The molecule has 4 rings (SSSR count). The van der Waals surface area contributed by atoms with Crippen molar-refractivity contribution in [3.63, 3.8) is 0 Å². The van der Waals surface area contributed by atoms with Gasteiger partial charge in [-0.05, 0) is 50.3 Å². The van der Waals surface area contributed by atoms with E-state index >= 15 is 0 Å². The van der Waals surface area contributed by atoms with E-state index in [1.54, 1.807) is 30.0 Å². The van der Waals surface area contributed by atoms with Crippen LogP contribution in [0.5, 0.6) is 11.5 Å². The van der Waals surface area contributed by atoms with Gasteiger partial charge in [0.05, 0.1) is 49.0 Å². The van der Waals surface area contributed by atoms with E-state index < -0.39 is 17.7 Å². The van der Waals surface area contributed by atoms with Crippen LogP contribution in [0.4, 0.5) is 0 Å². The van der Waals surface area contributed by atoms with Crippen molar-refractivity contribution in [2.45, 2.75) is 26.8 Å². The molecule has 0 saturated carbocycles. The van der Waals surface area contributed by atoms with E-state index in [0.29, 0.717) is 41.4 Å². The molecule has 3 aromatic rings. The van der Waals surface area contributed by atoms with Gasteiger partial charge in [0.2, 0.25) is 0 Å². The van der Waals surface area contributed by atoms with E-state index in [0.717, 1.165) is 18.8 Å². The number of hydrogen-bond acceptors (Lipinski definition) is 7. The molecule has 200 valence electrons. The number of likely N-dealkylation sites (tertiary alicyclic amines) is 1. The summed E-state index contributed by atoms with van der Waals surface area (Å²) in [6.45, 7) is 8.41. The average molecular weight is 519 g/mol. The number of nitrogens with zero attached hydrogens (tertiary/aromatic N) is 4. The first-order valence-corrected chi connectivity index (χ1v) is 12.7. The van der Waals surface area contributed by atoms with Gasteiger partial charge in [-0.1, -0.05) is 32.0 Å². The van der Waals surface area contributed by atoms with Gasteiger partial charge in [0.15, 0.2) is 0 Å². The highest BCUT2D eigenvalue weighted by Crippen LogP contribution is 2.44. The van der Waals surface area contributed by atoms with Crippen LogP contribution in [0.15, 0.2) is 60.3 Å². The maximum Gasteiger partial charge on any atom is 0.295 e. The Morgan fingerprint density at radius 2 is 1.76 bits per heavy atom. The molecule has 0 bridgehead atoms. The maximum absolute atomic E-state index is 13.5. The fourth-order valence-corrected chi connectivity index (χ4v) is 4.89. The first-order chi connectivity index (χ1) is 18.4. The van der Waals surface area contributed by atoms with E-state index in [1.807, 2.05) is 51.1 Å². The van der Waals surface area contributed by atoms with Gasteiger partial charge >= 0.3 is 0 Å². The Morgan fingerprint density at radius 1 is 1.05 bits per heavy atom. The zero-order chi connectivity index (χ0) is 27.4. The van der Waals surface area contributed by atoms with Crippen molar-refractivity contribution < 1.29 is 24.2 Å². The normalized spacial score (nSPS) is 16.9. The maximum atomic E-state index is 13.5. The largest absolute Gasteiger partial charge is 0.507 e. The minimum Gasteiger partial charge on any atom is -0.507 e. The quantitative estimate of drug-likeness (QED) is 0.247. The molecule has 1 atom stereocenters. The summed E-state index contributed by atoms with van der Waals surface area (Å²) in [5.41, 5.74) is 2.38. The second kappa shape index (κ2) is 11.5. The number of ketones is 1. The first kappa shape index (κ1) is 26.9. The number of ether oxygens (including phenoxy) is 2. The number of likely N-dealkylation sites (N-methyl/N-ethyl adjacent to an activating group) is 1. The Morgan fingerprint density at radius 3 is 2.39 bits per heavy atom. The number of carbonyl (C=O) groups is 2. The van der Waals surface area contributed by atoms with Crippen LogP contribution < -0.4 is 9.47 Å². The van der Waals surface area contributed by atoms with Crippen LogP contribution in [0, 0.1) is 6.92 Å². The second-order valence-corrected chi connectivity index (χ2v) is 9.02. The van der Waals surface area contributed by atoms with Crippen molar-refractivity contribution >= 4 is 17.4 Å². The number of para-hydroxylation sites is 1. The molecule has 1 N–H and O–H groups in total. The van der Waals surface area contributed by atoms with Gasteiger partial charge in [0.25, 0.3) is 11.7 Å². The summed E-state index contributed by atoms with van der Waals surface area (Å²) in [6, 6.07) is 13.9. The molecular weight excluding hydrogens is 484 g/mol. The molecule has 1 amide bonds. The van der Waals surface area contributed by atoms with Crippen LogP contribution in [-0.2, 0) is 9.59 Å². The number of aromatic nitrogens is 2. The molecule has 1 unspecified atom stereocenters. The average Bonchev–Trinajstić information content (AvgIpc) is 3.45. The van der Waals surface area contributed by atoms with Crippen LogP contribution >= 0.6 is 0 Å². The summed E-state index contributed by atoms with van der Waals surface area (Å²) in [4.78, 5) is 30.6. The van der Waals surface area contributed by atoms with Crippen molar-refractivity contribution in [2.24, 2.45) is 0 Å². The number of aliphatic hydroxyl groups excluding tert-OH is 1. The highest BCUT2D eigenvalue weighted by Gasteiger charge is 2.47. The number of hydrogen-bond donors (Lipinski definition) is 1. The summed E-state index contributed by atoms with van der Waals surface area (Å²) < 4.78 is 12.8. The lowest BCUT2D eigenvalue weighted by atomic mass is 9.94. The molecule has 9 nitrogen and oxygen atoms in total. The second-order valence-electron chi connectivity index (χ2n) is 9.02. The van der Waals surface area contributed by atoms with Crippen LogP contribution in [0.25, 0.3) is 11.4 Å². The minimum absolute atomic E-state index is 0.00295. The van der Waals surface area contributed by atoms with Gasteiger partial charge in [0.1, 0.15) is 17.3 Å². The van der Waals surface area contributed by atoms with Crippen LogP contribution in [0.3, 0.4) is 0 Å². The molecule has 0 radical (unpaired) electrons. The number of methoxy groups -OCH3 is 2. The van der Waals surface area contributed by atoms with Gasteiger partial charge in [-0.3, -0.25) is 9.59 Å². The number of rotatable bonds is 10. The molecule has 1 aromatic heterocycles. The highest BCUT2D eigenvalue weighted by molar-refractivity contribution is 6.46. The molecule has 1 fully saturated rings. The lowest BCUT2D eigenvalue weighted by Crippen LogP contribution is -2.38. The predicted octanol–water partition coefficient (Wildman–Crippen LogP) is 3.96. The molecule has 9 heteroatoms. The van der Waals surface area contributed by atoms with Gasteiger partial charge in [-0.15, -0.1) is 0 Å². The molecule has 0 aliphatic carbocycles. The Labute approximate surface area is 222 Å². The Bertz CT molecular complexity index is 1340. The monoisotopic (exact) mass is 518 g/mol. The van der Waals surface area contributed by atoms with Crippen molar-refractivity contribution in [3.8, 4) is 17.2 Å². The van der Waals surface area contributed by atoms with Crippen LogP contribution in [0.1, 0.15) is 36.7 Å². The van der Waals surface area contributed by atoms with E-state index in [1.165, 1.54) is 18.2 Å². The molecular formula is C29H34N4O5. The van der Waals surface area contributed by atoms with Crippen molar-refractivity contribution in [1.82, 2.24) is 19.6 Å². The highest BCUT2D eigenvalue weighted by atomic mass is 16.5. The predicted molar refractivity (Wildman–Crippen MR) is 145 cm³/mol. The third-order valence-corrected chi connectivity index (χ3v) is 7.09. The van der Waals surface area contributed by atoms with Gasteiger partial charge in [0, 0.05) is 18.7 Å². The molecule has 2 heterocycles. The molecule has 1 aliphatic rings. The zero-order valence-corrected chi connectivity index (χ0v) is 22.5. The van der Waals surface area contributed by atoms with E-state index in [4.69, 9.17) is 9.47 Å². The third kappa shape index (κ3) is 4.89. The van der Waals surface area contributed by atoms with Crippen LogP contribution in [0.2, 0.25) is 0 Å². The Balaban J connectivity index is 1.89. The molecule has 0 spiro atoms. The van der Waals surface area contributed by atoms with Gasteiger partial charge < -0.3 is 24.4 Å². The summed E-state index contributed by atoms with van der Waals surface area (Å²) in [7, 11) is 3.08. The number of benzene rings is 2. The van der Waals surface area contributed by atoms with Crippen LogP contribution in [-0.4, -0.2) is 76.8 Å². The first-order valence-electron chi connectivity index (χ1n) is 12.7. The fourth-order valence-electron chi connectivity index (χ4n) is 4.89. The Hall–Kier alpha value is -4.11. The number of aliphatic hydroxyl groups is 1. The summed E-state index contributed by atoms with van der Waals surface area (Å²) >= 11 is 0. The summed E-state index contributed by atoms with van der Waals surface area (Å²) in [6.07, 6.45) is 1.51. The third-order valence-electron chi connectivity index (χ3n) is 7.09. The molecule has 2 aromatic carbocycles. The lowest BCUT2D eigenvalue weighted by molar-refractivity contribution is -0.140. The molecule has 1 aliphatic heterocycles. The van der Waals surface area contributed by atoms with Crippen molar-refractivity contribution in [1.29, 1.82) is 0 Å². The fraction of sp³-hybridized carbons (Fsp3) is 0.345. The van der Waals surface area contributed by atoms with Crippen molar-refractivity contribution in [3.05, 3.63) is 77.1 Å². The summed E-state index contributed by atoms with van der Waals surface area (Å²) in [5, 5.41) is 16.0. The lowest BCUT2D eigenvalue weighted by Gasteiger charge is -2.29. The number of Topliss-reactive ketones (excluding diaryl/α,β-unsaturated/α-hetero) is 1. The topological polar surface area (TPSA) is 97.1 Å². The van der Waals surface area contributed by atoms with E-state index in [2.05, 4.69) is 10.00 Å². The zero-order valence-electron chi connectivity index (χ0n) is 22.5. The van der Waals surface area contributed by atoms with Gasteiger partial charge in [-0.2, -0.15) is 5.10 Å². The number of amides is 1. The Kier molecular flexibility index (Phi) is 8.16. The van der Waals surface area contributed by atoms with Crippen molar-refractivity contribution in [2.75, 3.05) is 40.4 Å². The number of carbonyl (C=O) groups excluding carboxylic acids is 2. The minimum atomic E-state index is -0.866.